The number of primary amides is 1. The van der Waals surface area contributed by atoms with E-state index >= 15 is 0 Å². The molecule has 2 aliphatic heterocycles. The largest absolute Gasteiger partial charge is 0.462 e. The molecule has 0 saturated carbocycles. The van der Waals surface area contributed by atoms with Crippen LogP contribution in [0.15, 0.2) is 24.3 Å². The molecule has 0 radical (unpaired) electrons. The molecule has 1 saturated heterocycles. The van der Waals surface area contributed by atoms with Crippen molar-refractivity contribution in [3.05, 3.63) is 52.3 Å². The number of aryl methyl sites for hydroxylation is 2. The van der Waals surface area contributed by atoms with Gasteiger partial charge < -0.3 is 20.5 Å². The topological polar surface area (TPSA) is 126 Å². The standard InChI is InChI=1S/C24H30N4O5/c1-2-18-20-19(14-24(15-26-22(20)30)7-11-32-12-8-24)28(27-18)9-4-10-33-23(31)17-6-3-5-16(13-17)21(25)29/h3,5-6,13H,2,4,7-12,14-15H2,1H3,(H2,25,29)(H,26,30). The van der Waals surface area contributed by atoms with Crippen LogP contribution in [0.2, 0.25) is 0 Å². The van der Waals surface area contributed by atoms with E-state index in [1.54, 1.807) is 18.2 Å². The highest BCUT2D eigenvalue weighted by Gasteiger charge is 2.39. The van der Waals surface area contributed by atoms with Crippen molar-refractivity contribution in [2.24, 2.45) is 11.1 Å². The lowest BCUT2D eigenvalue weighted by Crippen LogP contribution is -2.40. The second-order valence-corrected chi connectivity index (χ2v) is 8.75. The number of hydrogen-bond acceptors (Lipinski definition) is 6. The average Bonchev–Trinajstić information content (AvgIpc) is 3.10. The fraction of sp³-hybridized carbons (Fsp3) is 0.500. The second kappa shape index (κ2) is 9.74. The molecule has 0 unspecified atom stereocenters. The molecule has 3 N–H and O–H groups in total. The summed E-state index contributed by atoms with van der Waals surface area (Å²) in [4.78, 5) is 36.5. The van der Waals surface area contributed by atoms with Gasteiger partial charge in [-0.1, -0.05) is 13.0 Å². The smallest absolute Gasteiger partial charge is 0.338 e. The van der Waals surface area contributed by atoms with Gasteiger partial charge in [-0.3, -0.25) is 14.3 Å². The summed E-state index contributed by atoms with van der Waals surface area (Å²) >= 11 is 0. The lowest BCUT2D eigenvalue weighted by Gasteiger charge is -2.36. The summed E-state index contributed by atoms with van der Waals surface area (Å²) in [5, 5.41) is 7.83. The maximum Gasteiger partial charge on any atom is 0.338 e. The van der Waals surface area contributed by atoms with Crippen LogP contribution < -0.4 is 11.1 Å². The van der Waals surface area contributed by atoms with E-state index in [4.69, 9.17) is 20.3 Å². The SMILES string of the molecule is CCc1nn(CCCOC(=O)c2cccc(C(N)=O)c2)c2c1C(=O)NCC1(CCOCC1)C2. The molecule has 33 heavy (non-hydrogen) atoms. The van der Waals surface area contributed by atoms with Crippen LogP contribution >= 0.6 is 0 Å². The molecule has 3 heterocycles. The van der Waals surface area contributed by atoms with Crippen LogP contribution in [-0.2, 0) is 28.9 Å². The molecule has 2 aliphatic rings. The van der Waals surface area contributed by atoms with Crippen molar-refractivity contribution in [3.8, 4) is 0 Å². The molecule has 1 fully saturated rings. The molecule has 1 aromatic carbocycles. The highest BCUT2D eigenvalue weighted by Crippen LogP contribution is 2.37. The maximum absolute atomic E-state index is 12.9. The van der Waals surface area contributed by atoms with E-state index in [2.05, 4.69) is 5.32 Å². The van der Waals surface area contributed by atoms with E-state index in [1.165, 1.54) is 6.07 Å². The van der Waals surface area contributed by atoms with E-state index in [9.17, 15) is 14.4 Å². The van der Waals surface area contributed by atoms with Gasteiger partial charge in [0.1, 0.15) is 0 Å². The summed E-state index contributed by atoms with van der Waals surface area (Å²) in [5.74, 6) is -1.16. The van der Waals surface area contributed by atoms with Crippen molar-refractivity contribution in [2.45, 2.75) is 45.6 Å². The van der Waals surface area contributed by atoms with Crippen LogP contribution in [0.1, 0.15) is 68.6 Å². The first kappa shape index (κ1) is 23.0. The zero-order valence-electron chi connectivity index (χ0n) is 18.9. The maximum atomic E-state index is 12.9. The van der Waals surface area contributed by atoms with Gasteiger partial charge in [-0.05, 0) is 49.3 Å². The van der Waals surface area contributed by atoms with Gasteiger partial charge in [0.15, 0.2) is 0 Å². The minimum Gasteiger partial charge on any atom is -0.462 e. The van der Waals surface area contributed by atoms with Gasteiger partial charge in [-0.15, -0.1) is 0 Å². The number of carbonyl (C=O) groups is 3. The Balaban J connectivity index is 1.44. The number of rotatable bonds is 7. The molecule has 176 valence electrons. The van der Waals surface area contributed by atoms with Gasteiger partial charge in [0.05, 0.1) is 29.1 Å². The highest BCUT2D eigenvalue weighted by molar-refractivity contribution is 5.97. The number of nitrogens with one attached hydrogen (secondary N) is 1. The minimum absolute atomic E-state index is 0.0140. The minimum atomic E-state index is -0.595. The first-order chi connectivity index (χ1) is 15.9. The van der Waals surface area contributed by atoms with E-state index in [1.807, 2.05) is 11.6 Å². The molecule has 1 aromatic heterocycles. The zero-order valence-corrected chi connectivity index (χ0v) is 18.9. The lowest BCUT2D eigenvalue weighted by atomic mass is 9.76. The lowest BCUT2D eigenvalue weighted by molar-refractivity contribution is 0.0152. The summed E-state index contributed by atoms with van der Waals surface area (Å²) in [7, 11) is 0. The van der Waals surface area contributed by atoms with Gasteiger partial charge in [-0.2, -0.15) is 5.10 Å². The van der Waals surface area contributed by atoms with E-state index in [0.29, 0.717) is 44.7 Å². The van der Waals surface area contributed by atoms with Crippen molar-refractivity contribution in [1.29, 1.82) is 0 Å². The first-order valence-electron chi connectivity index (χ1n) is 11.4. The summed E-state index contributed by atoms with van der Waals surface area (Å²) < 4.78 is 12.9. The Morgan fingerprint density at radius 2 is 2.03 bits per heavy atom. The number of benzene rings is 1. The molecule has 4 rings (SSSR count). The number of nitrogens with zero attached hydrogens (tertiary/aromatic N) is 2. The summed E-state index contributed by atoms with van der Waals surface area (Å²) in [6.45, 7) is 4.78. The number of aromatic nitrogens is 2. The number of carbonyl (C=O) groups excluding carboxylic acids is 3. The second-order valence-electron chi connectivity index (χ2n) is 8.75. The third-order valence-electron chi connectivity index (χ3n) is 6.54. The summed E-state index contributed by atoms with van der Waals surface area (Å²) in [6, 6.07) is 6.16. The van der Waals surface area contributed by atoms with Crippen LogP contribution in [0.4, 0.5) is 0 Å². The first-order valence-corrected chi connectivity index (χ1v) is 11.4. The third kappa shape index (κ3) is 4.93. The predicted molar refractivity (Wildman–Crippen MR) is 120 cm³/mol. The molecular weight excluding hydrogens is 424 g/mol. The summed E-state index contributed by atoms with van der Waals surface area (Å²) in [6.07, 6.45) is 3.81. The number of ether oxygens (including phenoxy) is 2. The quantitative estimate of drug-likeness (QED) is 0.486. The number of amides is 2. The predicted octanol–water partition coefficient (Wildman–Crippen LogP) is 1.87. The van der Waals surface area contributed by atoms with E-state index < -0.39 is 11.9 Å². The third-order valence-corrected chi connectivity index (χ3v) is 6.54. The van der Waals surface area contributed by atoms with Gasteiger partial charge in [0.25, 0.3) is 5.91 Å². The molecule has 2 aromatic rings. The van der Waals surface area contributed by atoms with E-state index in [0.717, 1.165) is 30.7 Å². The van der Waals surface area contributed by atoms with Gasteiger partial charge in [0, 0.05) is 38.3 Å². The van der Waals surface area contributed by atoms with Gasteiger partial charge in [-0.25, -0.2) is 4.79 Å². The molecule has 0 aliphatic carbocycles. The normalized spacial score (nSPS) is 17.2. The van der Waals surface area contributed by atoms with E-state index in [-0.39, 0.29) is 29.1 Å². The molecule has 9 nitrogen and oxygen atoms in total. The number of fused-ring (bicyclic) bond motifs is 1. The van der Waals surface area contributed by atoms with Crippen LogP contribution in [0, 0.1) is 5.41 Å². The fourth-order valence-corrected chi connectivity index (χ4v) is 4.62. The van der Waals surface area contributed by atoms with Crippen LogP contribution in [-0.4, -0.2) is 53.9 Å². The Kier molecular flexibility index (Phi) is 6.78. The number of nitrogens with two attached hydrogens (primary N) is 1. The molecule has 2 amide bonds. The van der Waals surface area contributed by atoms with Crippen molar-refractivity contribution in [1.82, 2.24) is 15.1 Å². The molecular formula is C24H30N4O5. The molecule has 0 bridgehead atoms. The monoisotopic (exact) mass is 454 g/mol. The van der Waals surface area contributed by atoms with Crippen molar-refractivity contribution in [2.75, 3.05) is 26.4 Å². The van der Waals surface area contributed by atoms with Crippen LogP contribution in [0.5, 0.6) is 0 Å². The Labute approximate surface area is 192 Å². The number of esters is 1. The van der Waals surface area contributed by atoms with Crippen LogP contribution in [0.25, 0.3) is 0 Å². The Bertz CT molecular complexity index is 1060. The Hall–Kier alpha value is -3.20. The summed E-state index contributed by atoms with van der Waals surface area (Å²) in [5.41, 5.74) is 8.26. The Morgan fingerprint density at radius 1 is 1.27 bits per heavy atom. The molecule has 9 heteroatoms. The zero-order chi connectivity index (χ0) is 23.4. The highest BCUT2D eigenvalue weighted by atomic mass is 16.5. The number of hydrogen-bond donors (Lipinski definition) is 2. The Morgan fingerprint density at radius 3 is 2.76 bits per heavy atom. The average molecular weight is 455 g/mol. The molecule has 0 atom stereocenters. The molecule has 1 spiro atoms. The van der Waals surface area contributed by atoms with Gasteiger partial charge >= 0.3 is 5.97 Å². The van der Waals surface area contributed by atoms with Gasteiger partial charge in [0.2, 0.25) is 5.91 Å². The van der Waals surface area contributed by atoms with Crippen LogP contribution in [0.3, 0.4) is 0 Å². The van der Waals surface area contributed by atoms with Crippen molar-refractivity contribution >= 4 is 17.8 Å². The fourth-order valence-electron chi connectivity index (χ4n) is 4.62. The van der Waals surface area contributed by atoms with Crippen molar-refractivity contribution < 1.29 is 23.9 Å². The van der Waals surface area contributed by atoms with Crippen molar-refractivity contribution in [3.63, 3.8) is 0 Å².